The molecular formula is C13H12ClN3O3. The molecule has 0 atom stereocenters. The number of halogens is 1. The zero-order valence-corrected chi connectivity index (χ0v) is 11.6. The molecule has 0 aliphatic rings. The van der Waals surface area contributed by atoms with Crippen molar-refractivity contribution in [2.45, 2.75) is 19.4 Å². The SMILES string of the molecule is CC(C)(O)c1nccc(-c2cc(C(=O)O)c(Cl)cn2)n1. The summed E-state index contributed by atoms with van der Waals surface area (Å²) in [4.78, 5) is 23.3. The Labute approximate surface area is 120 Å². The molecule has 2 aromatic heterocycles. The minimum absolute atomic E-state index is 0.0537. The van der Waals surface area contributed by atoms with Crippen LogP contribution in [0.15, 0.2) is 24.5 Å². The number of aliphatic hydroxyl groups is 1. The average molecular weight is 294 g/mol. The van der Waals surface area contributed by atoms with E-state index in [1.807, 2.05) is 0 Å². The second-order valence-corrected chi connectivity index (χ2v) is 5.09. The van der Waals surface area contributed by atoms with E-state index < -0.39 is 11.6 Å². The van der Waals surface area contributed by atoms with Gasteiger partial charge in [0.05, 0.1) is 22.0 Å². The largest absolute Gasteiger partial charge is 0.478 e. The van der Waals surface area contributed by atoms with Gasteiger partial charge >= 0.3 is 5.97 Å². The van der Waals surface area contributed by atoms with E-state index >= 15 is 0 Å². The van der Waals surface area contributed by atoms with Crippen LogP contribution in [0.3, 0.4) is 0 Å². The van der Waals surface area contributed by atoms with Gasteiger partial charge in [0.15, 0.2) is 5.82 Å². The summed E-state index contributed by atoms with van der Waals surface area (Å²) < 4.78 is 0. The summed E-state index contributed by atoms with van der Waals surface area (Å²) in [6.45, 7) is 3.12. The number of aromatic nitrogens is 3. The van der Waals surface area contributed by atoms with Crippen molar-refractivity contribution < 1.29 is 15.0 Å². The highest BCUT2D eigenvalue weighted by atomic mass is 35.5. The van der Waals surface area contributed by atoms with Crippen LogP contribution in [0, 0.1) is 0 Å². The van der Waals surface area contributed by atoms with Crippen molar-refractivity contribution in [1.29, 1.82) is 0 Å². The second kappa shape index (κ2) is 5.15. The zero-order chi connectivity index (χ0) is 14.9. The lowest BCUT2D eigenvalue weighted by Gasteiger charge is -2.15. The lowest BCUT2D eigenvalue weighted by atomic mass is 10.1. The fourth-order valence-electron chi connectivity index (χ4n) is 1.54. The van der Waals surface area contributed by atoms with Crippen LogP contribution in [0.2, 0.25) is 5.02 Å². The van der Waals surface area contributed by atoms with E-state index in [0.29, 0.717) is 11.4 Å². The average Bonchev–Trinajstić information content (AvgIpc) is 2.38. The van der Waals surface area contributed by atoms with Gasteiger partial charge in [-0.05, 0) is 26.0 Å². The number of hydrogen-bond donors (Lipinski definition) is 2. The standard InChI is InChI=1S/C13H12ClN3O3/c1-13(2,20)12-15-4-3-9(17-12)10-5-7(11(18)19)8(14)6-16-10/h3-6,20H,1-2H3,(H,18,19). The van der Waals surface area contributed by atoms with Gasteiger partial charge < -0.3 is 10.2 Å². The van der Waals surface area contributed by atoms with Crippen molar-refractivity contribution in [3.8, 4) is 11.4 Å². The molecule has 0 fully saturated rings. The fraction of sp³-hybridized carbons (Fsp3) is 0.231. The van der Waals surface area contributed by atoms with E-state index in [1.54, 1.807) is 19.9 Å². The van der Waals surface area contributed by atoms with Crippen molar-refractivity contribution in [3.63, 3.8) is 0 Å². The number of nitrogens with zero attached hydrogens (tertiary/aromatic N) is 3. The minimum Gasteiger partial charge on any atom is -0.478 e. The van der Waals surface area contributed by atoms with Gasteiger partial charge in [0.2, 0.25) is 0 Å². The second-order valence-electron chi connectivity index (χ2n) is 4.68. The number of carbonyl (C=O) groups is 1. The van der Waals surface area contributed by atoms with Crippen molar-refractivity contribution in [2.24, 2.45) is 0 Å². The van der Waals surface area contributed by atoms with Crippen molar-refractivity contribution >= 4 is 17.6 Å². The molecule has 0 amide bonds. The first-order chi connectivity index (χ1) is 9.29. The molecule has 7 heteroatoms. The summed E-state index contributed by atoms with van der Waals surface area (Å²) in [6, 6.07) is 2.91. The maximum atomic E-state index is 11.0. The predicted octanol–water partition coefficient (Wildman–Crippen LogP) is 2.12. The zero-order valence-electron chi connectivity index (χ0n) is 10.8. The highest BCUT2D eigenvalue weighted by molar-refractivity contribution is 6.33. The molecule has 0 aromatic carbocycles. The van der Waals surface area contributed by atoms with Crippen LogP contribution in [0.1, 0.15) is 30.0 Å². The van der Waals surface area contributed by atoms with Gasteiger partial charge in [-0.25, -0.2) is 14.8 Å². The molecule has 2 N–H and O–H groups in total. The number of pyridine rings is 1. The normalized spacial score (nSPS) is 11.4. The number of carboxylic acid groups (broad SMARTS) is 1. The van der Waals surface area contributed by atoms with Gasteiger partial charge in [-0.15, -0.1) is 0 Å². The first-order valence-corrected chi connectivity index (χ1v) is 6.12. The predicted molar refractivity (Wildman–Crippen MR) is 72.5 cm³/mol. The van der Waals surface area contributed by atoms with Gasteiger partial charge in [0, 0.05) is 12.4 Å². The Bertz CT molecular complexity index is 668. The lowest BCUT2D eigenvalue weighted by Crippen LogP contribution is -2.19. The third kappa shape index (κ3) is 2.92. The van der Waals surface area contributed by atoms with Gasteiger partial charge in [0.1, 0.15) is 5.60 Å². The minimum atomic E-state index is -1.20. The molecule has 0 unspecified atom stereocenters. The Balaban J connectivity index is 2.52. The van der Waals surface area contributed by atoms with Gasteiger partial charge in [-0.3, -0.25) is 4.98 Å². The summed E-state index contributed by atoms with van der Waals surface area (Å²) in [5, 5.41) is 19.0. The monoisotopic (exact) mass is 293 g/mol. The number of rotatable bonds is 3. The van der Waals surface area contributed by atoms with Crippen LogP contribution in [0.5, 0.6) is 0 Å². The third-order valence-electron chi connectivity index (χ3n) is 2.55. The Morgan fingerprint density at radius 3 is 2.60 bits per heavy atom. The Hall–Kier alpha value is -2.05. The van der Waals surface area contributed by atoms with Crippen molar-refractivity contribution in [1.82, 2.24) is 15.0 Å². The number of carboxylic acids is 1. The number of hydrogen-bond acceptors (Lipinski definition) is 5. The third-order valence-corrected chi connectivity index (χ3v) is 2.85. The van der Waals surface area contributed by atoms with E-state index in [4.69, 9.17) is 16.7 Å². The molecule has 2 heterocycles. The fourth-order valence-corrected chi connectivity index (χ4v) is 1.72. The van der Waals surface area contributed by atoms with Crippen LogP contribution in [-0.4, -0.2) is 31.1 Å². The molecule has 104 valence electrons. The van der Waals surface area contributed by atoms with Crippen LogP contribution >= 0.6 is 11.6 Å². The lowest BCUT2D eigenvalue weighted by molar-refractivity contribution is 0.0683. The quantitative estimate of drug-likeness (QED) is 0.900. The van der Waals surface area contributed by atoms with Crippen molar-refractivity contribution in [3.05, 3.63) is 40.9 Å². The Morgan fingerprint density at radius 1 is 1.30 bits per heavy atom. The molecular weight excluding hydrogens is 282 g/mol. The smallest absolute Gasteiger partial charge is 0.337 e. The summed E-state index contributed by atoms with van der Waals surface area (Å²) in [5.74, 6) is -0.918. The molecule has 0 aliphatic heterocycles. The highest BCUT2D eigenvalue weighted by Crippen LogP contribution is 2.23. The summed E-state index contributed by atoms with van der Waals surface area (Å²) >= 11 is 5.77. The molecule has 0 spiro atoms. The van der Waals surface area contributed by atoms with Crippen LogP contribution in [0.4, 0.5) is 0 Å². The van der Waals surface area contributed by atoms with Crippen LogP contribution in [-0.2, 0) is 5.60 Å². The van der Waals surface area contributed by atoms with E-state index in [0.717, 1.165) is 0 Å². The molecule has 0 aliphatic carbocycles. The van der Waals surface area contributed by atoms with Crippen LogP contribution < -0.4 is 0 Å². The summed E-state index contributed by atoms with van der Waals surface area (Å²) in [7, 11) is 0. The van der Waals surface area contributed by atoms with Gasteiger partial charge in [-0.2, -0.15) is 0 Å². The first-order valence-electron chi connectivity index (χ1n) is 5.74. The molecule has 0 saturated heterocycles. The van der Waals surface area contributed by atoms with E-state index in [1.165, 1.54) is 18.5 Å². The summed E-state index contributed by atoms with van der Waals surface area (Å²) in [6.07, 6.45) is 2.73. The van der Waals surface area contributed by atoms with E-state index in [2.05, 4.69) is 15.0 Å². The Morgan fingerprint density at radius 2 is 2.00 bits per heavy atom. The molecule has 0 saturated carbocycles. The molecule has 6 nitrogen and oxygen atoms in total. The molecule has 2 aromatic rings. The van der Waals surface area contributed by atoms with E-state index in [-0.39, 0.29) is 16.4 Å². The Kier molecular flexibility index (Phi) is 3.69. The maximum absolute atomic E-state index is 11.0. The first kappa shape index (κ1) is 14.4. The highest BCUT2D eigenvalue weighted by Gasteiger charge is 2.20. The summed E-state index contributed by atoms with van der Waals surface area (Å²) in [5.41, 5.74) is -0.492. The van der Waals surface area contributed by atoms with Gasteiger partial charge in [0.25, 0.3) is 0 Å². The van der Waals surface area contributed by atoms with E-state index in [9.17, 15) is 9.90 Å². The maximum Gasteiger partial charge on any atom is 0.337 e. The van der Waals surface area contributed by atoms with Crippen LogP contribution in [0.25, 0.3) is 11.4 Å². The molecule has 2 rings (SSSR count). The van der Waals surface area contributed by atoms with Gasteiger partial charge in [-0.1, -0.05) is 11.6 Å². The molecule has 20 heavy (non-hydrogen) atoms. The molecule has 0 bridgehead atoms. The topological polar surface area (TPSA) is 96.2 Å². The number of aromatic carboxylic acids is 1. The van der Waals surface area contributed by atoms with Crippen molar-refractivity contribution in [2.75, 3.05) is 0 Å². The molecule has 0 radical (unpaired) electrons.